The molecule has 1 aromatic carbocycles. The van der Waals surface area contributed by atoms with Gasteiger partial charge in [0.1, 0.15) is 0 Å². The Bertz CT molecular complexity index is 487. The molecule has 0 spiro atoms. The van der Waals surface area contributed by atoms with Crippen molar-refractivity contribution < 1.29 is 0 Å². The highest BCUT2D eigenvalue weighted by atomic mass is 14.8. The molecule has 76 valence electrons. The fraction of sp³-hybridized carbons (Fsp3) is 0.308. The maximum absolute atomic E-state index is 5.79. The van der Waals surface area contributed by atoms with Crippen LogP contribution < -0.4 is 5.73 Å². The lowest BCUT2D eigenvalue weighted by molar-refractivity contribution is 0.346. The van der Waals surface area contributed by atoms with Gasteiger partial charge in [0.2, 0.25) is 0 Å². The van der Waals surface area contributed by atoms with Gasteiger partial charge in [0.25, 0.3) is 0 Å². The maximum Gasteiger partial charge on any atom is 0.0705 e. The van der Waals surface area contributed by atoms with Crippen molar-refractivity contribution in [2.45, 2.75) is 24.8 Å². The highest BCUT2D eigenvalue weighted by Crippen LogP contribution is 2.35. The van der Waals surface area contributed by atoms with E-state index < -0.39 is 0 Å². The number of rotatable bonds is 1. The molecule has 1 aromatic heterocycles. The first-order valence-corrected chi connectivity index (χ1v) is 5.44. The van der Waals surface area contributed by atoms with Crippen molar-refractivity contribution in [1.29, 1.82) is 0 Å². The highest BCUT2D eigenvalue weighted by molar-refractivity contribution is 5.78. The van der Waals surface area contributed by atoms with Crippen molar-refractivity contribution in [1.82, 2.24) is 4.98 Å². The molecule has 1 fully saturated rings. The lowest BCUT2D eigenvalue weighted by Crippen LogP contribution is -2.35. The molecule has 1 saturated carbocycles. The van der Waals surface area contributed by atoms with Crippen molar-refractivity contribution in [2.24, 2.45) is 5.73 Å². The smallest absolute Gasteiger partial charge is 0.0705 e. The minimum absolute atomic E-state index is 0.392. The first-order chi connectivity index (χ1) is 7.33. The lowest BCUT2D eigenvalue weighted by atomic mass is 9.78. The fourth-order valence-corrected chi connectivity index (χ4v) is 2.21. The first-order valence-electron chi connectivity index (χ1n) is 5.44. The zero-order chi connectivity index (χ0) is 10.3. The molecule has 2 heteroatoms. The van der Waals surface area contributed by atoms with Crippen LogP contribution in [0.25, 0.3) is 10.9 Å². The Labute approximate surface area is 89.1 Å². The minimum Gasteiger partial charge on any atom is -0.328 e. The summed E-state index contributed by atoms with van der Waals surface area (Å²) in [5.41, 5.74) is 8.09. The number of hydrogen-bond acceptors (Lipinski definition) is 2. The van der Waals surface area contributed by atoms with Gasteiger partial charge in [0.15, 0.2) is 0 Å². The highest BCUT2D eigenvalue weighted by Gasteiger charge is 2.28. The van der Waals surface area contributed by atoms with E-state index in [2.05, 4.69) is 29.2 Å². The standard InChI is InChI=1S/C13H14N2/c14-11-7-10(8-11)13-6-5-9-3-1-2-4-12(9)15-13/h1-6,10-11H,7-8,14H2. The number of aromatic nitrogens is 1. The van der Waals surface area contributed by atoms with E-state index in [1.54, 1.807) is 0 Å². The van der Waals surface area contributed by atoms with E-state index in [4.69, 9.17) is 5.73 Å². The molecule has 0 bridgehead atoms. The van der Waals surface area contributed by atoms with Crippen LogP contribution in [0.5, 0.6) is 0 Å². The van der Waals surface area contributed by atoms with E-state index in [1.807, 2.05) is 12.1 Å². The van der Waals surface area contributed by atoms with Gasteiger partial charge in [-0.15, -0.1) is 0 Å². The van der Waals surface area contributed by atoms with Gasteiger partial charge in [-0.2, -0.15) is 0 Å². The number of nitrogens with two attached hydrogens (primary N) is 1. The van der Waals surface area contributed by atoms with Gasteiger partial charge in [-0.05, 0) is 25.0 Å². The van der Waals surface area contributed by atoms with Gasteiger partial charge in [0.05, 0.1) is 5.52 Å². The summed E-state index contributed by atoms with van der Waals surface area (Å²) in [5, 5.41) is 1.21. The summed E-state index contributed by atoms with van der Waals surface area (Å²) in [7, 11) is 0. The fourth-order valence-electron chi connectivity index (χ4n) is 2.21. The van der Waals surface area contributed by atoms with Crippen molar-refractivity contribution in [3.63, 3.8) is 0 Å². The van der Waals surface area contributed by atoms with Crippen LogP contribution in [0.2, 0.25) is 0 Å². The predicted octanol–water partition coefficient (Wildman–Crippen LogP) is 2.44. The van der Waals surface area contributed by atoms with Gasteiger partial charge >= 0.3 is 0 Å². The van der Waals surface area contributed by atoms with Crippen molar-refractivity contribution in [2.75, 3.05) is 0 Å². The van der Waals surface area contributed by atoms with Crippen LogP contribution >= 0.6 is 0 Å². The monoisotopic (exact) mass is 198 g/mol. The van der Waals surface area contributed by atoms with Crippen LogP contribution in [-0.2, 0) is 0 Å². The third-order valence-electron chi connectivity index (χ3n) is 3.21. The second-order valence-corrected chi connectivity index (χ2v) is 4.36. The summed E-state index contributed by atoms with van der Waals surface area (Å²) in [6.07, 6.45) is 2.18. The number of hydrogen-bond donors (Lipinski definition) is 1. The Morgan fingerprint density at radius 1 is 1.07 bits per heavy atom. The summed E-state index contributed by atoms with van der Waals surface area (Å²) in [6, 6.07) is 12.9. The van der Waals surface area contributed by atoms with Gasteiger partial charge in [0, 0.05) is 23.0 Å². The predicted molar refractivity (Wildman–Crippen MR) is 61.7 cm³/mol. The minimum atomic E-state index is 0.392. The van der Waals surface area contributed by atoms with Crippen molar-refractivity contribution in [3.05, 3.63) is 42.1 Å². The van der Waals surface area contributed by atoms with Crippen LogP contribution in [0.15, 0.2) is 36.4 Å². The number of pyridine rings is 1. The molecule has 2 nitrogen and oxygen atoms in total. The summed E-state index contributed by atoms with van der Waals surface area (Å²) in [5.74, 6) is 0.588. The molecule has 15 heavy (non-hydrogen) atoms. The summed E-state index contributed by atoms with van der Waals surface area (Å²) in [6.45, 7) is 0. The van der Waals surface area contributed by atoms with Crippen molar-refractivity contribution in [3.8, 4) is 0 Å². The molecule has 0 saturated heterocycles. The molecule has 0 aliphatic heterocycles. The van der Waals surface area contributed by atoms with Gasteiger partial charge in [-0.25, -0.2) is 0 Å². The van der Waals surface area contributed by atoms with Crippen LogP contribution in [0.3, 0.4) is 0 Å². The van der Waals surface area contributed by atoms with Crippen LogP contribution in [0, 0.1) is 0 Å². The molecule has 0 unspecified atom stereocenters. The van der Waals surface area contributed by atoms with Crippen LogP contribution in [-0.4, -0.2) is 11.0 Å². The van der Waals surface area contributed by atoms with Gasteiger partial charge in [-0.3, -0.25) is 4.98 Å². The number of benzene rings is 1. The Kier molecular flexibility index (Phi) is 1.96. The van der Waals surface area contributed by atoms with E-state index in [0.717, 1.165) is 18.4 Å². The van der Waals surface area contributed by atoms with Crippen LogP contribution in [0.4, 0.5) is 0 Å². The molecule has 2 N–H and O–H groups in total. The molecule has 0 atom stereocenters. The Morgan fingerprint density at radius 3 is 2.67 bits per heavy atom. The normalized spacial score (nSPS) is 25.1. The second-order valence-electron chi connectivity index (χ2n) is 4.36. The molecule has 1 heterocycles. The van der Waals surface area contributed by atoms with Crippen LogP contribution in [0.1, 0.15) is 24.5 Å². The third kappa shape index (κ3) is 1.51. The summed E-state index contributed by atoms with van der Waals surface area (Å²) in [4.78, 5) is 4.68. The zero-order valence-corrected chi connectivity index (χ0v) is 8.56. The molecular weight excluding hydrogens is 184 g/mol. The number of nitrogens with zero attached hydrogens (tertiary/aromatic N) is 1. The van der Waals surface area contributed by atoms with E-state index in [-0.39, 0.29) is 0 Å². The number of fused-ring (bicyclic) bond motifs is 1. The summed E-state index contributed by atoms with van der Waals surface area (Å²) < 4.78 is 0. The van der Waals surface area contributed by atoms with E-state index in [0.29, 0.717) is 12.0 Å². The quantitative estimate of drug-likeness (QED) is 0.764. The topological polar surface area (TPSA) is 38.9 Å². The third-order valence-corrected chi connectivity index (χ3v) is 3.21. The number of para-hydroxylation sites is 1. The van der Waals surface area contributed by atoms with Crippen molar-refractivity contribution >= 4 is 10.9 Å². The summed E-state index contributed by atoms with van der Waals surface area (Å²) >= 11 is 0. The van der Waals surface area contributed by atoms with Gasteiger partial charge < -0.3 is 5.73 Å². The van der Waals surface area contributed by atoms with Gasteiger partial charge in [-0.1, -0.05) is 24.3 Å². The average Bonchev–Trinajstić information content (AvgIpc) is 2.24. The molecule has 2 aromatic rings. The molecule has 0 amide bonds. The van der Waals surface area contributed by atoms with E-state index >= 15 is 0 Å². The Hall–Kier alpha value is -1.41. The molecule has 0 radical (unpaired) electrons. The Balaban J connectivity index is 1.99. The van der Waals surface area contributed by atoms with E-state index in [1.165, 1.54) is 11.1 Å². The van der Waals surface area contributed by atoms with E-state index in [9.17, 15) is 0 Å². The second kappa shape index (κ2) is 3.31. The maximum atomic E-state index is 5.79. The SMILES string of the molecule is NC1CC(c2ccc3ccccc3n2)C1. The molecule has 1 aliphatic carbocycles. The first kappa shape index (κ1) is 8.86. The molecular formula is C13H14N2. The Morgan fingerprint density at radius 2 is 1.87 bits per heavy atom. The molecule has 1 aliphatic rings. The zero-order valence-electron chi connectivity index (χ0n) is 8.56. The molecule has 3 rings (SSSR count). The lowest BCUT2D eigenvalue weighted by Gasteiger charge is -2.31. The largest absolute Gasteiger partial charge is 0.328 e. The average molecular weight is 198 g/mol.